The molecule has 1 aliphatic rings. The minimum Gasteiger partial charge on any atom is -0.492 e. The second-order valence-electron chi connectivity index (χ2n) is 5.54. The second-order valence-corrected chi connectivity index (χ2v) is 7.69. The van der Waals surface area contributed by atoms with Crippen LogP contribution in [-0.4, -0.2) is 38.2 Å². The van der Waals surface area contributed by atoms with Gasteiger partial charge in [-0.25, -0.2) is 12.7 Å². The van der Waals surface area contributed by atoms with E-state index in [1.165, 1.54) is 6.42 Å². The van der Waals surface area contributed by atoms with Crippen molar-refractivity contribution in [3.8, 4) is 5.75 Å². The number of hydrogen-bond donors (Lipinski definition) is 1. The van der Waals surface area contributed by atoms with Gasteiger partial charge in [-0.05, 0) is 37.1 Å². The van der Waals surface area contributed by atoms with E-state index in [9.17, 15) is 8.42 Å². The van der Waals surface area contributed by atoms with Crippen molar-refractivity contribution in [1.29, 1.82) is 0 Å². The molecule has 0 aliphatic heterocycles. The number of benzene rings is 1. The third kappa shape index (κ3) is 4.61. The van der Waals surface area contributed by atoms with E-state index >= 15 is 0 Å². The van der Waals surface area contributed by atoms with E-state index in [4.69, 9.17) is 10.5 Å². The Morgan fingerprint density at radius 3 is 2.43 bits per heavy atom. The monoisotopic (exact) mass is 312 g/mol. The van der Waals surface area contributed by atoms with Gasteiger partial charge in [0, 0.05) is 18.8 Å². The van der Waals surface area contributed by atoms with Gasteiger partial charge >= 0.3 is 0 Å². The lowest BCUT2D eigenvalue weighted by molar-refractivity contribution is 0.281. The Bertz CT molecular complexity index is 537. The van der Waals surface area contributed by atoms with Gasteiger partial charge in [-0.2, -0.15) is 0 Å². The topological polar surface area (TPSA) is 72.6 Å². The molecule has 0 heterocycles. The number of ether oxygens (including phenoxy) is 1. The highest BCUT2D eigenvalue weighted by Crippen LogP contribution is 2.23. The summed E-state index contributed by atoms with van der Waals surface area (Å²) in [5.41, 5.74) is 6.25. The summed E-state index contributed by atoms with van der Waals surface area (Å²) in [4.78, 5) is 0. The van der Waals surface area contributed by atoms with E-state index in [1.807, 2.05) is 0 Å². The van der Waals surface area contributed by atoms with Gasteiger partial charge in [0.1, 0.15) is 12.4 Å². The zero-order valence-electron chi connectivity index (χ0n) is 12.5. The van der Waals surface area contributed by atoms with Crippen molar-refractivity contribution < 1.29 is 13.2 Å². The van der Waals surface area contributed by atoms with E-state index in [1.54, 1.807) is 35.6 Å². The molecule has 1 aromatic carbocycles. The Morgan fingerprint density at radius 2 is 1.81 bits per heavy atom. The molecular formula is C15H24N2O3S. The van der Waals surface area contributed by atoms with Crippen molar-refractivity contribution >= 4 is 15.7 Å². The largest absolute Gasteiger partial charge is 0.492 e. The summed E-state index contributed by atoms with van der Waals surface area (Å²) in [6, 6.07) is 7.11. The fourth-order valence-corrected chi connectivity index (χ4v) is 3.89. The zero-order chi connectivity index (χ0) is 15.3. The fourth-order valence-electron chi connectivity index (χ4n) is 2.64. The minimum atomic E-state index is -3.25. The smallest absolute Gasteiger partial charge is 0.217 e. The third-order valence-corrected chi connectivity index (χ3v) is 5.88. The first kappa shape index (κ1) is 16.1. The molecule has 21 heavy (non-hydrogen) atoms. The van der Waals surface area contributed by atoms with Gasteiger partial charge in [0.2, 0.25) is 10.0 Å². The highest BCUT2D eigenvalue weighted by molar-refractivity contribution is 7.89. The molecule has 1 aliphatic carbocycles. The quantitative estimate of drug-likeness (QED) is 0.818. The predicted octanol–water partition coefficient (Wildman–Crippen LogP) is 2.24. The second kappa shape index (κ2) is 7.13. The van der Waals surface area contributed by atoms with Crippen molar-refractivity contribution in [3.63, 3.8) is 0 Å². The minimum absolute atomic E-state index is 0.00434. The van der Waals surface area contributed by atoms with Crippen LogP contribution in [0.3, 0.4) is 0 Å². The van der Waals surface area contributed by atoms with Gasteiger partial charge in [0.05, 0.1) is 5.75 Å². The summed E-state index contributed by atoms with van der Waals surface area (Å²) >= 11 is 0. The van der Waals surface area contributed by atoms with E-state index in [0.717, 1.165) is 25.7 Å². The van der Waals surface area contributed by atoms with Crippen LogP contribution in [0.15, 0.2) is 24.3 Å². The molecule has 118 valence electrons. The van der Waals surface area contributed by atoms with Crippen LogP contribution in [0.1, 0.15) is 32.1 Å². The summed E-state index contributed by atoms with van der Waals surface area (Å²) in [6.45, 7) is 0.156. The number of anilines is 1. The number of nitrogens with zero attached hydrogens (tertiary/aromatic N) is 1. The maximum atomic E-state index is 12.3. The van der Waals surface area contributed by atoms with Gasteiger partial charge in [0.25, 0.3) is 0 Å². The highest BCUT2D eigenvalue weighted by Gasteiger charge is 2.27. The molecule has 1 saturated carbocycles. The van der Waals surface area contributed by atoms with E-state index in [-0.39, 0.29) is 18.4 Å². The number of nitrogen functional groups attached to an aromatic ring is 1. The molecule has 1 aromatic rings. The first-order valence-electron chi connectivity index (χ1n) is 7.43. The molecule has 0 spiro atoms. The lowest BCUT2D eigenvalue weighted by Crippen LogP contribution is -2.40. The van der Waals surface area contributed by atoms with Crippen LogP contribution in [0.2, 0.25) is 0 Å². The molecule has 0 radical (unpaired) electrons. The van der Waals surface area contributed by atoms with Crippen LogP contribution >= 0.6 is 0 Å². The highest BCUT2D eigenvalue weighted by atomic mass is 32.2. The number of sulfonamides is 1. The summed E-state index contributed by atoms with van der Waals surface area (Å²) in [7, 11) is -1.57. The molecule has 5 nitrogen and oxygen atoms in total. The first-order chi connectivity index (χ1) is 9.99. The van der Waals surface area contributed by atoms with Crippen molar-refractivity contribution in [3.05, 3.63) is 24.3 Å². The van der Waals surface area contributed by atoms with Crippen LogP contribution in [0, 0.1) is 0 Å². The third-order valence-electron chi connectivity index (χ3n) is 4.02. The Kier molecular flexibility index (Phi) is 5.47. The standard InChI is InChI=1S/C15H24N2O3S/c1-17(14-5-3-2-4-6-14)21(18,19)12-11-20-15-9-7-13(16)8-10-15/h7-10,14H,2-6,11-12,16H2,1H3. The fraction of sp³-hybridized carbons (Fsp3) is 0.600. The molecule has 6 heteroatoms. The van der Waals surface area contributed by atoms with E-state index in [0.29, 0.717) is 11.4 Å². The van der Waals surface area contributed by atoms with Crippen LogP contribution in [0.5, 0.6) is 5.75 Å². The van der Waals surface area contributed by atoms with E-state index in [2.05, 4.69) is 0 Å². The van der Waals surface area contributed by atoms with Gasteiger partial charge < -0.3 is 10.5 Å². The van der Waals surface area contributed by atoms with Crippen molar-refractivity contribution in [1.82, 2.24) is 4.31 Å². The predicted molar refractivity (Wildman–Crippen MR) is 84.8 cm³/mol. The normalized spacial score (nSPS) is 17.0. The number of hydrogen-bond acceptors (Lipinski definition) is 4. The molecule has 2 N–H and O–H groups in total. The maximum Gasteiger partial charge on any atom is 0.217 e. The number of rotatable bonds is 6. The molecule has 0 bridgehead atoms. The molecule has 1 fully saturated rings. The van der Waals surface area contributed by atoms with Crippen molar-refractivity contribution in [2.24, 2.45) is 0 Å². The van der Waals surface area contributed by atoms with Gasteiger partial charge in [0.15, 0.2) is 0 Å². The van der Waals surface area contributed by atoms with Gasteiger partial charge in [-0.1, -0.05) is 19.3 Å². The Labute approximate surface area is 127 Å². The van der Waals surface area contributed by atoms with Crippen LogP contribution in [0.4, 0.5) is 5.69 Å². The van der Waals surface area contributed by atoms with Crippen LogP contribution in [0.25, 0.3) is 0 Å². The summed E-state index contributed by atoms with van der Waals surface area (Å²) in [6.07, 6.45) is 5.38. The average Bonchev–Trinajstić information content (AvgIpc) is 2.49. The molecule has 0 saturated heterocycles. The Balaban J connectivity index is 1.84. The molecule has 0 amide bonds. The van der Waals surface area contributed by atoms with Gasteiger partial charge in [-0.3, -0.25) is 0 Å². The first-order valence-corrected chi connectivity index (χ1v) is 9.04. The Morgan fingerprint density at radius 1 is 1.19 bits per heavy atom. The molecular weight excluding hydrogens is 288 g/mol. The van der Waals surface area contributed by atoms with Crippen LogP contribution in [-0.2, 0) is 10.0 Å². The number of nitrogens with two attached hydrogens (primary N) is 1. The zero-order valence-corrected chi connectivity index (χ0v) is 13.3. The van der Waals surface area contributed by atoms with Crippen molar-refractivity contribution in [2.45, 2.75) is 38.1 Å². The summed E-state index contributed by atoms with van der Waals surface area (Å²) in [5.74, 6) is 0.643. The molecule has 0 aromatic heterocycles. The molecule has 0 atom stereocenters. The SMILES string of the molecule is CN(C1CCCCC1)S(=O)(=O)CCOc1ccc(N)cc1. The maximum absolute atomic E-state index is 12.3. The summed E-state index contributed by atoms with van der Waals surface area (Å²) < 4.78 is 31.6. The Hall–Kier alpha value is -1.27. The molecule has 2 rings (SSSR count). The van der Waals surface area contributed by atoms with E-state index < -0.39 is 10.0 Å². The average molecular weight is 312 g/mol. The van der Waals surface area contributed by atoms with Crippen LogP contribution < -0.4 is 10.5 Å². The lowest BCUT2D eigenvalue weighted by atomic mass is 9.96. The molecule has 0 unspecified atom stereocenters. The lowest BCUT2D eigenvalue weighted by Gasteiger charge is -2.30. The van der Waals surface area contributed by atoms with Crippen molar-refractivity contribution in [2.75, 3.05) is 25.1 Å². The van der Waals surface area contributed by atoms with Gasteiger partial charge in [-0.15, -0.1) is 0 Å². The summed E-state index contributed by atoms with van der Waals surface area (Å²) in [5, 5.41) is 0.